The van der Waals surface area contributed by atoms with Crippen molar-refractivity contribution in [2.45, 2.75) is 37.8 Å². The van der Waals surface area contributed by atoms with Gasteiger partial charge in [0.2, 0.25) is 0 Å². The molecule has 0 amide bonds. The zero-order valence-corrected chi connectivity index (χ0v) is 12.6. The highest BCUT2D eigenvalue weighted by Crippen LogP contribution is 2.34. The Labute approximate surface area is 117 Å². The quantitative estimate of drug-likeness (QED) is 0.931. The third-order valence-electron chi connectivity index (χ3n) is 3.80. The van der Waals surface area contributed by atoms with Gasteiger partial charge in [-0.1, -0.05) is 28.8 Å². The first-order chi connectivity index (χ1) is 8.63. The molecular weight excluding hydrogens is 292 g/mol. The van der Waals surface area contributed by atoms with Gasteiger partial charge in [-0.3, -0.25) is 0 Å². The summed E-state index contributed by atoms with van der Waals surface area (Å²) in [6.45, 7) is 0. The van der Waals surface area contributed by atoms with Gasteiger partial charge >= 0.3 is 0 Å². The minimum absolute atomic E-state index is 0.257. The van der Waals surface area contributed by atoms with Gasteiger partial charge in [0, 0.05) is 23.6 Å². The molecule has 1 aliphatic rings. The summed E-state index contributed by atoms with van der Waals surface area (Å²) in [6, 6.07) is 6.75. The first kappa shape index (κ1) is 13.7. The Morgan fingerprint density at radius 3 is 2.72 bits per heavy atom. The summed E-state index contributed by atoms with van der Waals surface area (Å²) in [5.74, 6) is 0.901. The normalized spacial score (nSPS) is 23.8. The number of halogens is 1. The largest absolute Gasteiger partial charge is 0.495 e. The fourth-order valence-electron chi connectivity index (χ4n) is 2.74. The lowest BCUT2D eigenvalue weighted by Gasteiger charge is -2.38. The molecule has 3 nitrogen and oxygen atoms in total. The first-order valence-corrected chi connectivity index (χ1v) is 7.24. The second-order valence-corrected chi connectivity index (χ2v) is 5.86. The molecule has 1 aliphatic carbocycles. The Morgan fingerprint density at radius 2 is 2.06 bits per heavy atom. The lowest BCUT2D eigenvalue weighted by molar-refractivity contribution is 0.367. The van der Waals surface area contributed by atoms with Crippen LogP contribution in [-0.2, 0) is 0 Å². The smallest absolute Gasteiger partial charge is 0.142 e. The molecule has 0 heterocycles. The Balaban J connectivity index is 2.26. The highest BCUT2D eigenvalue weighted by molar-refractivity contribution is 9.10. The molecule has 1 aromatic carbocycles. The van der Waals surface area contributed by atoms with Crippen LogP contribution in [0.1, 0.15) is 25.7 Å². The van der Waals surface area contributed by atoms with Crippen molar-refractivity contribution in [3.8, 4) is 5.75 Å². The maximum atomic E-state index is 6.25. The van der Waals surface area contributed by atoms with Crippen LogP contribution in [0.25, 0.3) is 0 Å². The van der Waals surface area contributed by atoms with E-state index in [9.17, 15) is 0 Å². The van der Waals surface area contributed by atoms with E-state index in [-0.39, 0.29) is 6.04 Å². The molecule has 2 N–H and O–H groups in total. The topological polar surface area (TPSA) is 38.5 Å². The van der Waals surface area contributed by atoms with Gasteiger partial charge in [0.05, 0.1) is 12.8 Å². The summed E-state index contributed by atoms with van der Waals surface area (Å²) in [5, 5.41) is 0. The summed E-state index contributed by atoms with van der Waals surface area (Å²) >= 11 is 3.52. The molecule has 2 atom stereocenters. The molecule has 0 aromatic heterocycles. The van der Waals surface area contributed by atoms with Gasteiger partial charge in [-0.15, -0.1) is 0 Å². The lowest BCUT2D eigenvalue weighted by Crippen LogP contribution is -2.48. The van der Waals surface area contributed by atoms with Gasteiger partial charge in [0.25, 0.3) is 0 Å². The second kappa shape index (κ2) is 5.93. The van der Waals surface area contributed by atoms with E-state index < -0.39 is 0 Å². The molecule has 0 saturated heterocycles. The van der Waals surface area contributed by atoms with E-state index in [0.29, 0.717) is 6.04 Å². The molecule has 0 radical (unpaired) electrons. The predicted molar refractivity (Wildman–Crippen MR) is 79.3 cm³/mol. The van der Waals surface area contributed by atoms with E-state index in [1.807, 2.05) is 12.1 Å². The average molecular weight is 313 g/mol. The van der Waals surface area contributed by atoms with E-state index in [2.05, 4.69) is 33.9 Å². The number of nitrogens with zero attached hydrogens (tertiary/aromatic N) is 1. The fraction of sp³-hybridized carbons (Fsp3) is 0.571. The number of hydrogen-bond donors (Lipinski definition) is 1. The lowest BCUT2D eigenvalue weighted by atomic mass is 9.90. The van der Waals surface area contributed by atoms with Crippen LogP contribution < -0.4 is 15.4 Å². The zero-order valence-electron chi connectivity index (χ0n) is 11.0. The minimum Gasteiger partial charge on any atom is -0.495 e. The fourth-order valence-corrected chi connectivity index (χ4v) is 3.09. The Bertz CT molecular complexity index is 411. The van der Waals surface area contributed by atoms with Crippen LogP contribution in [0.5, 0.6) is 5.75 Å². The Morgan fingerprint density at radius 1 is 1.33 bits per heavy atom. The van der Waals surface area contributed by atoms with Crippen molar-refractivity contribution < 1.29 is 4.74 Å². The monoisotopic (exact) mass is 312 g/mol. The van der Waals surface area contributed by atoms with Crippen molar-refractivity contribution in [3.05, 3.63) is 22.7 Å². The standard InChI is InChI=1S/C14H21BrN2O/c1-17(12-6-4-3-5-11(12)16)13-9-10(15)7-8-14(13)18-2/h7-9,11-12H,3-6,16H2,1-2H3. The molecule has 0 aliphatic heterocycles. The van der Waals surface area contributed by atoms with Crippen LogP contribution in [0, 0.1) is 0 Å². The van der Waals surface area contributed by atoms with Gasteiger partial charge in [-0.2, -0.15) is 0 Å². The summed E-state index contributed by atoms with van der Waals surface area (Å²) in [6.07, 6.45) is 4.79. The molecule has 0 spiro atoms. The number of hydrogen-bond acceptors (Lipinski definition) is 3. The van der Waals surface area contributed by atoms with Gasteiger partial charge < -0.3 is 15.4 Å². The van der Waals surface area contributed by atoms with Crippen LogP contribution in [-0.4, -0.2) is 26.2 Å². The third kappa shape index (κ3) is 2.81. The van der Waals surface area contributed by atoms with Gasteiger partial charge in [0.15, 0.2) is 0 Å². The number of nitrogens with two attached hydrogens (primary N) is 1. The van der Waals surface area contributed by atoms with Crippen LogP contribution in [0.15, 0.2) is 22.7 Å². The molecule has 1 fully saturated rings. The van der Waals surface area contributed by atoms with E-state index in [1.165, 1.54) is 12.8 Å². The predicted octanol–water partition coefficient (Wildman–Crippen LogP) is 3.16. The molecule has 1 saturated carbocycles. The maximum Gasteiger partial charge on any atom is 0.142 e. The van der Waals surface area contributed by atoms with Crippen molar-refractivity contribution in [3.63, 3.8) is 0 Å². The summed E-state index contributed by atoms with van der Waals surface area (Å²) in [4.78, 5) is 2.27. The zero-order chi connectivity index (χ0) is 13.1. The summed E-state index contributed by atoms with van der Waals surface area (Å²) in [5.41, 5.74) is 7.36. The maximum absolute atomic E-state index is 6.25. The highest BCUT2D eigenvalue weighted by atomic mass is 79.9. The molecule has 1 aromatic rings. The average Bonchev–Trinajstić information content (AvgIpc) is 2.38. The second-order valence-electron chi connectivity index (χ2n) is 4.94. The highest BCUT2D eigenvalue weighted by Gasteiger charge is 2.27. The van der Waals surface area contributed by atoms with Gasteiger partial charge in [-0.25, -0.2) is 0 Å². The first-order valence-electron chi connectivity index (χ1n) is 6.45. The van der Waals surface area contributed by atoms with Gasteiger partial charge in [-0.05, 0) is 31.0 Å². The van der Waals surface area contributed by atoms with Crippen LogP contribution >= 0.6 is 15.9 Å². The molecule has 18 heavy (non-hydrogen) atoms. The number of ether oxygens (including phenoxy) is 1. The van der Waals surface area contributed by atoms with Crippen molar-refractivity contribution in [1.29, 1.82) is 0 Å². The molecule has 2 unspecified atom stereocenters. The van der Waals surface area contributed by atoms with Crippen LogP contribution in [0.3, 0.4) is 0 Å². The summed E-state index contributed by atoms with van der Waals surface area (Å²) < 4.78 is 6.51. The van der Waals surface area contributed by atoms with E-state index >= 15 is 0 Å². The molecular formula is C14H21BrN2O. The third-order valence-corrected chi connectivity index (χ3v) is 4.29. The minimum atomic E-state index is 0.257. The van der Waals surface area contributed by atoms with E-state index in [4.69, 9.17) is 10.5 Å². The number of rotatable bonds is 3. The van der Waals surface area contributed by atoms with Crippen LogP contribution in [0.2, 0.25) is 0 Å². The number of benzene rings is 1. The van der Waals surface area contributed by atoms with Gasteiger partial charge in [0.1, 0.15) is 5.75 Å². The Kier molecular flexibility index (Phi) is 4.51. The van der Waals surface area contributed by atoms with Crippen molar-refractivity contribution in [1.82, 2.24) is 0 Å². The van der Waals surface area contributed by atoms with Crippen LogP contribution in [0.4, 0.5) is 5.69 Å². The number of likely N-dealkylation sites (N-methyl/N-ethyl adjacent to an activating group) is 1. The number of methoxy groups -OCH3 is 1. The van der Waals surface area contributed by atoms with E-state index in [0.717, 1.165) is 28.8 Å². The number of anilines is 1. The van der Waals surface area contributed by atoms with Crippen molar-refractivity contribution in [2.24, 2.45) is 5.73 Å². The molecule has 0 bridgehead atoms. The Hall–Kier alpha value is -0.740. The van der Waals surface area contributed by atoms with E-state index in [1.54, 1.807) is 7.11 Å². The molecule has 2 rings (SSSR count). The van der Waals surface area contributed by atoms with Crippen molar-refractivity contribution >= 4 is 21.6 Å². The molecule has 100 valence electrons. The SMILES string of the molecule is COc1ccc(Br)cc1N(C)C1CCCCC1N. The van der Waals surface area contributed by atoms with Crippen molar-refractivity contribution in [2.75, 3.05) is 19.1 Å². The summed E-state index contributed by atoms with van der Waals surface area (Å²) in [7, 11) is 3.82. The molecule has 4 heteroatoms.